The standard InChI is InChI=1S/C10H10ClN3O5/c1-5(9(15)16)12-10(17)13-8-4-6(14(18)19)2-3-7(8)11/h2-5H,1H3,(H,15,16)(H2,12,13,17). The van der Waals surface area contributed by atoms with E-state index in [0.29, 0.717) is 0 Å². The Bertz CT molecular complexity index is 534. The number of carboxylic acids is 1. The Morgan fingerprint density at radius 3 is 2.63 bits per heavy atom. The number of carbonyl (C=O) groups excluding carboxylic acids is 1. The van der Waals surface area contributed by atoms with E-state index >= 15 is 0 Å². The van der Waals surface area contributed by atoms with Crippen LogP contribution < -0.4 is 10.6 Å². The van der Waals surface area contributed by atoms with Gasteiger partial charge in [-0.15, -0.1) is 0 Å². The second-order valence-corrected chi connectivity index (χ2v) is 3.99. The summed E-state index contributed by atoms with van der Waals surface area (Å²) in [7, 11) is 0. The molecule has 0 saturated carbocycles. The Hall–Kier alpha value is -2.35. The first-order valence-electron chi connectivity index (χ1n) is 5.05. The summed E-state index contributed by atoms with van der Waals surface area (Å²) in [6.07, 6.45) is 0. The van der Waals surface area contributed by atoms with E-state index in [1.165, 1.54) is 19.1 Å². The number of nitrogens with zero attached hydrogens (tertiary/aromatic N) is 1. The van der Waals surface area contributed by atoms with Crippen molar-refractivity contribution in [1.82, 2.24) is 5.32 Å². The molecule has 0 saturated heterocycles. The smallest absolute Gasteiger partial charge is 0.325 e. The Balaban J connectivity index is 2.81. The maximum atomic E-state index is 11.4. The van der Waals surface area contributed by atoms with Crippen LogP contribution in [-0.2, 0) is 4.79 Å². The minimum absolute atomic E-state index is 0.0194. The van der Waals surface area contributed by atoms with Crippen molar-refractivity contribution < 1.29 is 19.6 Å². The van der Waals surface area contributed by atoms with Crippen LogP contribution in [0.25, 0.3) is 0 Å². The van der Waals surface area contributed by atoms with Crippen LogP contribution in [0.2, 0.25) is 5.02 Å². The number of amides is 2. The molecular formula is C10H10ClN3O5. The average molecular weight is 288 g/mol. The number of anilines is 1. The van der Waals surface area contributed by atoms with Crippen LogP contribution in [0.5, 0.6) is 0 Å². The van der Waals surface area contributed by atoms with Crippen molar-refractivity contribution in [2.45, 2.75) is 13.0 Å². The van der Waals surface area contributed by atoms with Crippen molar-refractivity contribution in [2.75, 3.05) is 5.32 Å². The summed E-state index contributed by atoms with van der Waals surface area (Å²) in [6, 6.07) is 1.60. The van der Waals surface area contributed by atoms with Gasteiger partial charge in [-0.05, 0) is 13.0 Å². The lowest BCUT2D eigenvalue weighted by Gasteiger charge is -2.11. The molecule has 1 unspecified atom stereocenters. The van der Waals surface area contributed by atoms with Gasteiger partial charge in [0.05, 0.1) is 15.6 Å². The number of rotatable bonds is 4. The fraction of sp³-hybridized carbons (Fsp3) is 0.200. The number of non-ortho nitro benzene ring substituents is 1. The second kappa shape index (κ2) is 6.01. The van der Waals surface area contributed by atoms with E-state index in [1.807, 2.05) is 0 Å². The molecule has 102 valence electrons. The number of carbonyl (C=O) groups is 2. The molecule has 0 fully saturated rings. The molecule has 0 bridgehead atoms. The zero-order chi connectivity index (χ0) is 14.6. The van der Waals surface area contributed by atoms with E-state index in [1.54, 1.807) is 0 Å². The number of aliphatic carboxylic acids is 1. The maximum Gasteiger partial charge on any atom is 0.325 e. The number of hydrogen-bond acceptors (Lipinski definition) is 4. The molecule has 19 heavy (non-hydrogen) atoms. The van der Waals surface area contributed by atoms with Gasteiger partial charge in [-0.1, -0.05) is 11.6 Å². The van der Waals surface area contributed by atoms with E-state index in [2.05, 4.69) is 10.6 Å². The summed E-state index contributed by atoms with van der Waals surface area (Å²) >= 11 is 5.76. The van der Waals surface area contributed by atoms with Gasteiger partial charge in [0.25, 0.3) is 5.69 Å². The lowest BCUT2D eigenvalue weighted by molar-refractivity contribution is -0.384. The Morgan fingerprint density at radius 1 is 1.47 bits per heavy atom. The van der Waals surface area contributed by atoms with Gasteiger partial charge in [0.15, 0.2) is 0 Å². The molecule has 2 amide bonds. The van der Waals surface area contributed by atoms with Crippen molar-refractivity contribution in [3.63, 3.8) is 0 Å². The molecule has 1 atom stereocenters. The normalized spacial score (nSPS) is 11.5. The van der Waals surface area contributed by atoms with Gasteiger partial charge < -0.3 is 15.7 Å². The number of nitrogens with one attached hydrogen (secondary N) is 2. The van der Waals surface area contributed by atoms with Gasteiger partial charge in [0.2, 0.25) is 0 Å². The third-order valence-electron chi connectivity index (χ3n) is 2.13. The van der Waals surface area contributed by atoms with E-state index in [0.717, 1.165) is 6.07 Å². The van der Waals surface area contributed by atoms with Gasteiger partial charge in [-0.25, -0.2) is 4.79 Å². The number of carboxylic acid groups (broad SMARTS) is 1. The van der Waals surface area contributed by atoms with Crippen LogP contribution in [-0.4, -0.2) is 28.1 Å². The van der Waals surface area contributed by atoms with Crippen LogP contribution >= 0.6 is 11.6 Å². The summed E-state index contributed by atoms with van der Waals surface area (Å²) in [6.45, 7) is 1.27. The Kier molecular flexibility index (Phi) is 4.65. The Labute approximate surface area is 112 Å². The maximum absolute atomic E-state index is 11.4. The van der Waals surface area contributed by atoms with Gasteiger partial charge in [0.1, 0.15) is 6.04 Å². The molecule has 0 spiro atoms. The van der Waals surface area contributed by atoms with E-state index in [9.17, 15) is 19.7 Å². The van der Waals surface area contributed by atoms with Gasteiger partial charge in [0, 0.05) is 12.1 Å². The molecule has 0 aromatic heterocycles. The van der Waals surface area contributed by atoms with Crippen LogP contribution in [0.4, 0.5) is 16.2 Å². The monoisotopic (exact) mass is 287 g/mol. The van der Waals surface area contributed by atoms with Crippen LogP contribution in [0, 0.1) is 10.1 Å². The van der Waals surface area contributed by atoms with Gasteiger partial charge in [-0.2, -0.15) is 0 Å². The molecule has 0 radical (unpaired) electrons. The first kappa shape index (κ1) is 14.7. The van der Waals surface area contributed by atoms with Crippen molar-refractivity contribution in [2.24, 2.45) is 0 Å². The molecule has 1 aromatic carbocycles. The predicted octanol–water partition coefficient (Wildman–Crippen LogP) is 1.84. The third-order valence-corrected chi connectivity index (χ3v) is 2.46. The van der Waals surface area contributed by atoms with E-state index in [-0.39, 0.29) is 16.4 Å². The molecule has 8 nitrogen and oxygen atoms in total. The highest BCUT2D eigenvalue weighted by Crippen LogP contribution is 2.26. The van der Waals surface area contributed by atoms with Crippen LogP contribution in [0.1, 0.15) is 6.92 Å². The molecule has 0 aliphatic heterocycles. The minimum atomic E-state index is -1.21. The van der Waals surface area contributed by atoms with Crippen molar-refractivity contribution in [3.05, 3.63) is 33.3 Å². The topological polar surface area (TPSA) is 122 Å². The fourth-order valence-electron chi connectivity index (χ4n) is 1.14. The Morgan fingerprint density at radius 2 is 2.11 bits per heavy atom. The number of nitro benzene ring substituents is 1. The molecular weight excluding hydrogens is 278 g/mol. The summed E-state index contributed by atoms with van der Waals surface area (Å²) < 4.78 is 0. The van der Waals surface area contributed by atoms with Crippen molar-refractivity contribution in [3.8, 4) is 0 Å². The third kappa shape index (κ3) is 4.11. The summed E-state index contributed by atoms with van der Waals surface area (Å²) in [5.41, 5.74) is -0.225. The molecule has 1 rings (SSSR count). The molecule has 0 aliphatic carbocycles. The summed E-state index contributed by atoms with van der Waals surface area (Å²) in [4.78, 5) is 31.9. The second-order valence-electron chi connectivity index (χ2n) is 3.58. The van der Waals surface area contributed by atoms with Crippen molar-refractivity contribution >= 4 is 35.0 Å². The highest BCUT2D eigenvalue weighted by molar-refractivity contribution is 6.33. The number of nitro groups is 1. The van der Waals surface area contributed by atoms with Crippen molar-refractivity contribution in [1.29, 1.82) is 0 Å². The molecule has 9 heteroatoms. The summed E-state index contributed by atoms with van der Waals surface area (Å²) in [5.74, 6) is -1.21. The number of halogens is 1. The van der Waals surface area contributed by atoms with Crippen LogP contribution in [0.3, 0.4) is 0 Å². The number of benzene rings is 1. The van der Waals surface area contributed by atoms with Gasteiger partial charge >= 0.3 is 12.0 Å². The molecule has 3 N–H and O–H groups in total. The summed E-state index contributed by atoms with van der Waals surface area (Å²) in [5, 5.41) is 23.7. The molecule has 1 aromatic rings. The lowest BCUT2D eigenvalue weighted by atomic mass is 10.3. The van der Waals surface area contributed by atoms with Crippen LogP contribution in [0.15, 0.2) is 18.2 Å². The first-order valence-corrected chi connectivity index (χ1v) is 5.43. The first-order chi connectivity index (χ1) is 8.81. The minimum Gasteiger partial charge on any atom is -0.480 e. The quantitative estimate of drug-likeness (QED) is 0.576. The zero-order valence-electron chi connectivity index (χ0n) is 9.71. The predicted molar refractivity (Wildman–Crippen MR) is 67.4 cm³/mol. The molecule has 0 aliphatic rings. The SMILES string of the molecule is CC(NC(=O)Nc1cc([N+](=O)[O-])ccc1Cl)C(=O)O. The van der Waals surface area contributed by atoms with E-state index in [4.69, 9.17) is 16.7 Å². The number of hydrogen-bond donors (Lipinski definition) is 3. The lowest BCUT2D eigenvalue weighted by Crippen LogP contribution is -2.40. The largest absolute Gasteiger partial charge is 0.480 e. The van der Waals surface area contributed by atoms with E-state index < -0.39 is 23.0 Å². The zero-order valence-corrected chi connectivity index (χ0v) is 10.5. The molecule has 0 heterocycles. The highest BCUT2D eigenvalue weighted by atomic mass is 35.5. The fourth-order valence-corrected chi connectivity index (χ4v) is 1.30. The number of urea groups is 1. The highest BCUT2D eigenvalue weighted by Gasteiger charge is 2.16. The average Bonchev–Trinajstić information content (AvgIpc) is 2.31. The van der Waals surface area contributed by atoms with Gasteiger partial charge in [-0.3, -0.25) is 14.9 Å².